The second-order valence-corrected chi connectivity index (χ2v) is 4.98. The number of methoxy groups -OCH3 is 1. The Morgan fingerprint density at radius 1 is 1.33 bits per heavy atom. The first-order chi connectivity index (χ1) is 10.1. The van der Waals surface area contributed by atoms with Crippen molar-refractivity contribution in [2.45, 2.75) is 0 Å². The minimum Gasteiger partial charge on any atom is -0.497 e. The third-order valence-electron chi connectivity index (χ3n) is 2.64. The zero-order valence-corrected chi connectivity index (χ0v) is 12.0. The van der Waals surface area contributed by atoms with Crippen molar-refractivity contribution in [3.63, 3.8) is 0 Å². The number of amides is 1. The maximum atomic E-state index is 11.8. The van der Waals surface area contributed by atoms with E-state index in [0.29, 0.717) is 11.4 Å². The largest absolute Gasteiger partial charge is 0.497 e. The zero-order valence-electron chi connectivity index (χ0n) is 11.2. The first-order valence-electron chi connectivity index (χ1n) is 6.04. The van der Waals surface area contributed by atoms with E-state index in [1.165, 1.54) is 6.08 Å². The van der Waals surface area contributed by atoms with Gasteiger partial charge < -0.3 is 15.2 Å². The van der Waals surface area contributed by atoms with Crippen LogP contribution >= 0.6 is 11.3 Å². The van der Waals surface area contributed by atoms with Crippen LogP contribution in [0.1, 0.15) is 15.2 Å². The van der Waals surface area contributed by atoms with Crippen molar-refractivity contribution in [1.29, 1.82) is 0 Å². The van der Waals surface area contributed by atoms with Crippen LogP contribution in [0.25, 0.3) is 6.08 Å². The SMILES string of the molecule is COc1cccc(/C=C/C(=O)Nc2ccsc2C(=O)O)c1. The Kier molecular flexibility index (Phi) is 4.73. The van der Waals surface area contributed by atoms with Gasteiger partial charge in [0, 0.05) is 6.08 Å². The molecule has 0 aliphatic rings. The lowest BCUT2D eigenvalue weighted by Gasteiger charge is -2.01. The van der Waals surface area contributed by atoms with E-state index in [2.05, 4.69) is 5.32 Å². The summed E-state index contributed by atoms with van der Waals surface area (Å²) in [5.41, 5.74) is 1.11. The minimum atomic E-state index is -1.06. The van der Waals surface area contributed by atoms with E-state index in [0.717, 1.165) is 16.9 Å². The predicted octanol–water partition coefficient (Wildman–Crippen LogP) is 3.11. The standard InChI is InChI=1S/C15H13NO4S/c1-20-11-4-2-3-10(9-11)5-6-13(17)16-12-7-8-21-14(12)15(18)19/h2-9H,1H3,(H,16,17)(H,18,19)/b6-5+. The van der Waals surface area contributed by atoms with Gasteiger partial charge in [0.1, 0.15) is 10.6 Å². The number of rotatable bonds is 5. The van der Waals surface area contributed by atoms with Crippen molar-refractivity contribution in [3.05, 3.63) is 52.2 Å². The van der Waals surface area contributed by atoms with Crippen LogP contribution in [-0.2, 0) is 4.79 Å². The molecule has 21 heavy (non-hydrogen) atoms. The van der Waals surface area contributed by atoms with Crippen molar-refractivity contribution in [2.24, 2.45) is 0 Å². The monoisotopic (exact) mass is 303 g/mol. The van der Waals surface area contributed by atoms with Crippen LogP contribution < -0.4 is 10.1 Å². The highest BCUT2D eigenvalue weighted by Gasteiger charge is 2.12. The number of carboxylic acids is 1. The van der Waals surface area contributed by atoms with Gasteiger partial charge in [-0.3, -0.25) is 4.79 Å². The molecule has 108 valence electrons. The summed E-state index contributed by atoms with van der Waals surface area (Å²) in [5, 5.41) is 13.1. The molecule has 1 aromatic carbocycles. The summed E-state index contributed by atoms with van der Waals surface area (Å²) in [6.45, 7) is 0. The highest BCUT2D eigenvalue weighted by atomic mass is 32.1. The lowest BCUT2D eigenvalue weighted by atomic mass is 10.2. The fraction of sp³-hybridized carbons (Fsp3) is 0.0667. The molecule has 1 aromatic heterocycles. The molecule has 2 rings (SSSR count). The number of ether oxygens (including phenoxy) is 1. The number of hydrogen-bond donors (Lipinski definition) is 2. The average molecular weight is 303 g/mol. The maximum absolute atomic E-state index is 11.8. The van der Waals surface area contributed by atoms with Gasteiger partial charge >= 0.3 is 5.97 Å². The van der Waals surface area contributed by atoms with Gasteiger partial charge in [0.2, 0.25) is 5.91 Å². The quantitative estimate of drug-likeness (QED) is 0.832. The van der Waals surface area contributed by atoms with E-state index >= 15 is 0 Å². The Labute approximate surface area is 125 Å². The smallest absolute Gasteiger partial charge is 0.348 e. The van der Waals surface area contributed by atoms with Gasteiger partial charge in [0.15, 0.2) is 0 Å². The molecule has 0 bridgehead atoms. The molecule has 0 radical (unpaired) electrons. The van der Waals surface area contributed by atoms with Crippen molar-refractivity contribution >= 4 is 35.0 Å². The number of anilines is 1. The number of benzene rings is 1. The van der Waals surface area contributed by atoms with Gasteiger partial charge in [-0.1, -0.05) is 12.1 Å². The van der Waals surface area contributed by atoms with E-state index in [1.54, 1.807) is 30.7 Å². The molecular weight excluding hydrogens is 290 g/mol. The number of carboxylic acid groups (broad SMARTS) is 1. The van der Waals surface area contributed by atoms with E-state index in [1.807, 2.05) is 18.2 Å². The molecule has 5 nitrogen and oxygen atoms in total. The van der Waals surface area contributed by atoms with Gasteiger partial charge in [0.05, 0.1) is 12.8 Å². The summed E-state index contributed by atoms with van der Waals surface area (Å²) in [6, 6.07) is 8.81. The molecule has 0 atom stereocenters. The predicted molar refractivity (Wildman–Crippen MR) is 81.9 cm³/mol. The van der Waals surface area contributed by atoms with Crippen LogP contribution in [0.3, 0.4) is 0 Å². The van der Waals surface area contributed by atoms with Gasteiger partial charge in [-0.15, -0.1) is 11.3 Å². The van der Waals surface area contributed by atoms with E-state index < -0.39 is 11.9 Å². The van der Waals surface area contributed by atoms with Crippen LogP contribution in [0.2, 0.25) is 0 Å². The Balaban J connectivity index is 2.05. The minimum absolute atomic E-state index is 0.109. The number of thiophene rings is 1. The number of nitrogens with one attached hydrogen (secondary N) is 1. The maximum Gasteiger partial charge on any atom is 0.348 e. The van der Waals surface area contributed by atoms with Crippen LogP contribution in [0, 0.1) is 0 Å². The summed E-state index contributed by atoms with van der Waals surface area (Å²) in [6.07, 6.45) is 2.97. The van der Waals surface area contributed by atoms with Gasteiger partial charge in [-0.05, 0) is 35.2 Å². The summed E-state index contributed by atoms with van der Waals surface area (Å²) in [5.74, 6) is -0.751. The van der Waals surface area contributed by atoms with Crippen LogP contribution in [0.15, 0.2) is 41.8 Å². The molecule has 0 aliphatic carbocycles. The molecule has 0 spiro atoms. The fourth-order valence-corrected chi connectivity index (χ4v) is 2.35. The van der Waals surface area contributed by atoms with Gasteiger partial charge in [-0.25, -0.2) is 4.79 Å². The molecule has 1 amide bonds. The Morgan fingerprint density at radius 3 is 2.86 bits per heavy atom. The van der Waals surface area contributed by atoms with Crippen molar-refractivity contribution in [1.82, 2.24) is 0 Å². The molecular formula is C15H13NO4S. The highest BCUT2D eigenvalue weighted by Crippen LogP contribution is 2.22. The third kappa shape index (κ3) is 3.93. The first-order valence-corrected chi connectivity index (χ1v) is 6.92. The van der Waals surface area contributed by atoms with Crippen LogP contribution in [0.5, 0.6) is 5.75 Å². The molecule has 6 heteroatoms. The lowest BCUT2D eigenvalue weighted by molar-refractivity contribution is -0.111. The average Bonchev–Trinajstić information content (AvgIpc) is 2.93. The Bertz CT molecular complexity index is 690. The second kappa shape index (κ2) is 6.71. The van der Waals surface area contributed by atoms with Crippen LogP contribution in [0.4, 0.5) is 5.69 Å². The number of carbonyl (C=O) groups excluding carboxylic acids is 1. The fourth-order valence-electron chi connectivity index (χ4n) is 1.66. The summed E-state index contributed by atoms with van der Waals surface area (Å²) in [7, 11) is 1.57. The molecule has 1 heterocycles. The molecule has 0 fully saturated rings. The van der Waals surface area contributed by atoms with Gasteiger partial charge in [-0.2, -0.15) is 0 Å². The highest BCUT2D eigenvalue weighted by molar-refractivity contribution is 7.12. The first kappa shape index (κ1) is 14.8. The van der Waals surface area contributed by atoms with Crippen LogP contribution in [-0.4, -0.2) is 24.1 Å². The number of hydrogen-bond acceptors (Lipinski definition) is 4. The summed E-state index contributed by atoms with van der Waals surface area (Å²) in [4.78, 5) is 22.8. The van der Waals surface area contributed by atoms with E-state index in [9.17, 15) is 9.59 Å². The lowest BCUT2D eigenvalue weighted by Crippen LogP contribution is -2.09. The van der Waals surface area contributed by atoms with Crippen molar-refractivity contribution < 1.29 is 19.4 Å². The zero-order chi connectivity index (χ0) is 15.2. The number of carbonyl (C=O) groups is 2. The molecule has 0 aliphatic heterocycles. The van der Waals surface area contributed by atoms with Gasteiger partial charge in [0.25, 0.3) is 0 Å². The summed E-state index contributed by atoms with van der Waals surface area (Å²) >= 11 is 1.06. The summed E-state index contributed by atoms with van der Waals surface area (Å²) < 4.78 is 5.09. The third-order valence-corrected chi connectivity index (χ3v) is 3.54. The molecule has 0 saturated carbocycles. The van der Waals surface area contributed by atoms with E-state index in [4.69, 9.17) is 9.84 Å². The molecule has 2 N–H and O–H groups in total. The topological polar surface area (TPSA) is 75.6 Å². The second-order valence-electron chi connectivity index (χ2n) is 4.07. The molecule has 0 saturated heterocycles. The normalized spacial score (nSPS) is 10.5. The van der Waals surface area contributed by atoms with E-state index in [-0.39, 0.29) is 4.88 Å². The Morgan fingerprint density at radius 2 is 2.14 bits per heavy atom. The number of aromatic carboxylic acids is 1. The Hall–Kier alpha value is -2.60. The molecule has 0 unspecified atom stereocenters. The van der Waals surface area contributed by atoms with Crippen molar-refractivity contribution in [3.8, 4) is 5.75 Å². The molecule has 2 aromatic rings. The van der Waals surface area contributed by atoms with Crippen molar-refractivity contribution in [2.75, 3.05) is 12.4 Å².